The predicted molar refractivity (Wildman–Crippen MR) is 84.7 cm³/mol. The number of nitrogens with one attached hydrogen (secondary N) is 1. The molecule has 0 unspecified atom stereocenters. The van der Waals surface area contributed by atoms with E-state index in [0.717, 1.165) is 10.6 Å². The Bertz CT molecular complexity index is 603. The summed E-state index contributed by atoms with van der Waals surface area (Å²) in [6, 6.07) is 6.42. The summed E-state index contributed by atoms with van der Waals surface area (Å²) in [6.07, 6.45) is 1.05. The highest BCUT2D eigenvalue weighted by molar-refractivity contribution is 7.92. The Balaban J connectivity index is 2.99. The van der Waals surface area contributed by atoms with Gasteiger partial charge in [-0.05, 0) is 19.1 Å². The van der Waals surface area contributed by atoms with Crippen molar-refractivity contribution < 1.29 is 22.7 Å². The molecule has 0 spiro atoms. The monoisotopic (exact) mass is 330 g/mol. The molecule has 0 bridgehead atoms. The zero-order valence-electron chi connectivity index (χ0n) is 13.2. The molecule has 0 aliphatic rings. The molecule has 8 heteroatoms. The van der Waals surface area contributed by atoms with Crippen LogP contribution in [0.3, 0.4) is 0 Å². The zero-order valence-corrected chi connectivity index (χ0v) is 14.0. The number of sulfonamides is 1. The van der Waals surface area contributed by atoms with E-state index in [1.807, 2.05) is 0 Å². The van der Waals surface area contributed by atoms with Crippen LogP contribution in [0.5, 0.6) is 5.75 Å². The fourth-order valence-electron chi connectivity index (χ4n) is 1.96. The number of methoxy groups -OCH3 is 2. The first kappa shape index (κ1) is 18.2. The lowest BCUT2D eigenvalue weighted by Crippen LogP contribution is -2.44. The Morgan fingerprint density at radius 2 is 1.95 bits per heavy atom. The first-order valence-corrected chi connectivity index (χ1v) is 8.53. The molecule has 1 rings (SSSR count). The number of carbonyl (C=O) groups excluding carboxylic acids is 1. The molecule has 0 aliphatic carbocycles. The second-order valence-electron chi connectivity index (χ2n) is 4.87. The summed E-state index contributed by atoms with van der Waals surface area (Å²) in [5.41, 5.74) is 0.321. The first-order chi connectivity index (χ1) is 10.3. The summed E-state index contributed by atoms with van der Waals surface area (Å²) >= 11 is 0. The Kier molecular flexibility index (Phi) is 6.63. The van der Waals surface area contributed by atoms with E-state index >= 15 is 0 Å². The maximum atomic E-state index is 12.0. The predicted octanol–water partition coefficient (Wildman–Crippen LogP) is 0.612. The van der Waals surface area contributed by atoms with Crippen LogP contribution in [0.4, 0.5) is 5.69 Å². The van der Waals surface area contributed by atoms with Gasteiger partial charge >= 0.3 is 0 Å². The van der Waals surface area contributed by atoms with Crippen LogP contribution >= 0.6 is 0 Å². The quantitative estimate of drug-likeness (QED) is 0.755. The highest BCUT2D eigenvalue weighted by Crippen LogP contribution is 2.29. The van der Waals surface area contributed by atoms with E-state index < -0.39 is 15.9 Å². The molecular formula is C14H22N2O5S. The average molecular weight is 330 g/mol. The molecule has 0 fully saturated rings. The Morgan fingerprint density at radius 1 is 1.32 bits per heavy atom. The third-order valence-corrected chi connectivity index (χ3v) is 3.99. The summed E-state index contributed by atoms with van der Waals surface area (Å²) < 4.78 is 35.1. The molecule has 1 N–H and O–H groups in total. The molecule has 1 aromatic rings. The smallest absolute Gasteiger partial charge is 0.241 e. The van der Waals surface area contributed by atoms with Crippen LogP contribution < -0.4 is 14.4 Å². The van der Waals surface area contributed by atoms with Crippen LogP contribution in [0.25, 0.3) is 0 Å². The molecule has 7 nitrogen and oxygen atoms in total. The van der Waals surface area contributed by atoms with Crippen molar-refractivity contribution in [2.45, 2.75) is 13.0 Å². The van der Waals surface area contributed by atoms with E-state index in [-0.39, 0.29) is 12.6 Å². The summed E-state index contributed by atoms with van der Waals surface area (Å²) in [4.78, 5) is 12.0. The second kappa shape index (κ2) is 8.00. The van der Waals surface area contributed by atoms with E-state index in [9.17, 15) is 13.2 Å². The number of ether oxygens (including phenoxy) is 2. The molecule has 0 heterocycles. The molecule has 0 saturated heterocycles. The number of hydrogen-bond acceptors (Lipinski definition) is 5. The van der Waals surface area contributed by atoms with E-state index in [1.54, 1.807) is 31.2 Å². The van der Waals surface area contributed by atoms with Gasteiger partial charge in [-0.3, -0.25) is 9.10 Å². The highest BCUT2D eigenvalue weighted by atomic mass is 32.2. The summed E-state index contributed by atoms with van der Waals surface area (Å²) in [7, 11) is -0.660. The van der Waals surface area contributed by atoms with Gasteiger partial charge in [-0.2, -0.15) is 0 Å². The van der Waals surface area contributed by atoms with Gasteiger partial charge in [0.25, 0.3) is 0 Å². The van der Waals surface area contributed by atoms with Gasteiger partial charge in [-0.25, -0.2) is 8.42 Å². The van der Waals surface area contributed by atoms with Crippen LogP contribution in [0.15, 0.2) is 24.3 Å². The van der Waals surface area contributed by atoms with E-state index in [2.05, 4.69) is 5.32 Å². The number of anilines is 1. The van der Waals surface area contributed by atoms with Crippen LogP contribution in [0.2, 0.25) is 0 Å². The topological polar surface area (TPSA) is 84.9 Å². The van der Waals surface area contributed by atoms with Gasteiger partial charge in [-0.15, -0.1) is 0 Å². The number of amides is 1. The summed E-state index contributed by atoms with van der Waals surface area (Å²) in [5.74, 6) is -0.0356. The molecular weight excluding hydrogens is 308 g/mol. The molecule has 124 valence electrons. The lowest BCUT2D eigenvalue weighted by molar-refractivity contribution is -0.120. The van der Waals surface area contributed by atoms with Crippen molar-refractivity contribution in [1.29, 1.82) is 0 Å². The van der Waals surface area contributed by atoms with Crippen molar-refractivity contribution in [2.24, 2.45) is 0 Å². The summed E-state index contributed by atoms with van der Waals surface area (Å²) in [6.45, 7) is 1.79. The van der Waals surface area contributed by atoms with Crippen LogP contribution in [-0.2, 0) is 19.6 Å². The number of para-hydroxylation sites is 2. The number of hydrogen-bond donors (Lipinski definition) is 1. The van der Waals surface area contributed by atoms with Gasteiger partial charge < -0.3 is 14.8 Å². The minimum Gasteiger partial charge on any atom is -0.495 e. The third-order valence-electron chi connectivity index (χ3n) is 2.87. The molecule has 0 radical (unpaired) electrons. The first-order valence-electron chi connectivity index (χ1n) is 6.68. The lowest BCUT2D eigenvalue weighted by atomic mass is 10.3. The fourth-order valence-corrected chi connectivity index (χ4v) is 2.82. The van der Waals surface area contributed by atoms with Crippen LogP contribution in [0.1, 0.15) is 6.92 Å². The van der Waals surface area contributed by atoms with Crippen LogP contribution in [0, 0.1) is 0 Å². The van der Waals surface area contributed by atoms with Crippen molar-refractivity contribution in [3.8, 4) is 5.75 Å². The van der Waals surface area contributed by atoms with Crippen molar-refractivity contribution in [3.05, 3.63) is 24.3 Å². The third kappa shape index (κ3) is 5.19. The lowest BCUT2D eigenvalue weighted by Gasteiger charge is -2.24. The van der Waals surface area contributed by atoms with E-state index in [4.69, 9.17) is 9.47 Å². The largest absolute Gasteiger partial charge is 0.495 e. The number of nitrogens with zero attached hydrogens (tertiary/aromatic N) is 1. The molecule has 0 aromatic heterocycles. The van der Waals surface area contributed by atoms with Gasteiger partial charge in [0.2, 0.25) is 15.9 Å². The molecule has 0 aliphatic heterocycles. The SMILES string of the molecule is COC[C@H](C)NC(=O)CN(c1ccccc1OC)S(C)(=O)=O. The molecule has 1 aromatic carbocycles. The van der Waals surface area contributed by atoms with E-state index in [1.165, 1.54) is 14.2 Å². The fraction of sp³-hybridized carbons (Fsp3) is 0.500. The van der Waals surface area contributed by atoms with Gasteiger partial charge in [0.1, 0.15) is 12.3 Å². The van der Waals surface area contributed by atoms with Crippen molar-refractivity contribution in [1.82, 2.24) is 5.32 Å². The Hall–Kier alpha value is -1.80. The molecule has 1 atom stereocenters. The maximum Gasteiger partial charge on any atom is 0.241 e. The van der Waals surface area contributed by atoms with Crippen LogP contribution in [-0.4, -0.2) is 54.0 Å². The van der Waals surface area contributed by atoms with Gasteiger partial charge in [0, 0.05) is 13.2 Å². The molecule has 1 amide bonds. The number of rotatable bonds is 8. The van der Waals surface area contributed by atoms with Gasteiger partial charge in [0.05, 0.1) is 25.7 Å². The minimum absolute atomic E-state index is 0.212. The van der Waals surface area contributed by atoms with E-state index in [0.29, 0.717) is 18.0 Å². The molecule has 22 heavy (non-hydrogen) atoms. The van der Waals surface area contributed by atoms with Gasteiger partial charge in [0.15, 0.2) is 0 Å². The standard InChI is InChI=1S/C14H22N2O5S/c1-11(10-20-2)15-14(17)9-16(22(4,18)19)12-7-5-6-8-13(12)21-3/h5-8,11H,9-10H2,1-4H3,(H,15,17)/t11-/m0/s1. The van der Waals surface area contributed by atoms with Gasteiger partial charge in [-0.1, -0.05) is 12.1 Å². The minimum atomic E-state index is -3.63. The number of carbonyl (C=O) groups is 1. The Morgan fingerprint density at radius 3 is 2.50 bits per heavy atom. The van der Waals surface area contributed by atoms with Crippen molar-refractivity contribution >= 4 is 21.6 Å². The second-order valence-corrected chi connectivity index (χ2v) is 6.77. The maximum absolute atomic E-state index is 12.0. The van der Waals surface area contributed by atoms with Crippen molar-refractivity contribution in [2.75, 3.05) is 37.9 Å². The summed E-state index contributed by atoms with van der Waals surface area (Å²) in [5, 5.41) is 2.68. The van der Waals surface area contributed by atoms with Crippen molar-refractivity contribution in [3.63, 3.8) is 0 Å². The average Bonchev–Trinajstić information content (AvgIpc) is 2.43. The number of benzene rings is 1. The highest BCUT2D eigenvalue weighted by Gasteiger charge is 2.24. The molecule has 0 saturated carbocycles. The normalized spacial score (nSPS) is 12.5. The Labute approximate surface area is 131 Å². The zero-order chi connectivity index (χ0) is 16.8.